The third-order valence-corrected chi connectivity index (χ3v) is 1.85. The maximum atomic E-state index is 8.80. The van der Waals surface area contributed by atoms with Gasteiger partial charge in [0.2, 0.25) is 0 Å². The highest BCUT2D eigenvalue weighted by atomic mass is 16.3. The molecule has 0 bridgehead atoms. The van der Waals surface area contributed by atoms with E-state index in [1.165, 1.54) is 0 Å². The lowest BCUT2D eigenvalue weighted by atomic mass is 10.3. The average molecular weight is 166 g/mol. The molecule has 0 fully saturated rings. The van der Waals surface area contributed by atoms with Crippen LogP contribution in [0.5, 0.6) is 0 Å². The van der Waals surface area contributed by atoms with Crippen molar-refractivity contribution in [2.24, 2.45) is 5.73 Å². The van der Waals surface area contributed by atoms with E-state index in [1.54, 1.807) is 0 Å². The molecule has 3 nitrogen and oxygen atoms in total. The van der Waals surface area contributed by atoms with Crippen LogP contribution in [0.2, 0.25) is 0 Å². The number of nitrogens with two attached hydrogens (primary N) is 1. The first-order valence-corrected chi connectivity index (χ1v) is 3.90. The summed E-state index contributed by atoms with van der Waals surface area (Å²) in [5.41, 5.74) is 6.64. The fraction of sp³-hybridized carbons (Fsp3) is 0.333. The molecule has 12 heavy (non-hydrogen) atoms. The molecule has 3 N–H and O–H groups in total. The molecular formula is C9H14N2O. The van der Waals surface area contributed by atoms with Crippen LogP contribution in [0, 0.1) is 0 Å². The monoisotopic (exact) mass is 166 g/mol. The van der Waals surface area contributed by atoms with Crippen molar-refractivity contribution >= 4 is 5.69 Å². The highest BCUT2D eigenvalue weighted by Crippen LogP contribution is 2.11. The second-order valence-electron chi connectivity index (χ2n) is 2.70. The lowest BCUT2D eigenvalue weighted by Crippen LogP contribution is -2.42. The predicted molar refractivity (Wildman–Crippen MR) is 49.9 cm³/mol. The number of anilines is 1. The third kappa shape index (κ3) is 1.96. The van der Waals surface area contributed by atoms with Crippen molar-refractivity contribution in [3.8, 4) is 0 Å². The van der Waals surface area contributed by atoms with Crippen LogP contribution in [0.3, 0.4) is 0 Å². The maximum Gasteiger partial charge on any atom is 0.100 e. The maximum absolute atomic E-state index is 8.80. The summed E-state index contributed by atoms with van der Waals surface area (Å²) in [7, 11) is 1.86. The minimum absolute atomic E-state index is 0.0363. The van der Waals surface area contributed by atoms with Gasteiger partial charge in [-0.25, -0.2) is 0 Å². The molecular weight excluding hydrogens is 152 g/mol. The van der Waals surface area contributed by atoms with E-state index in [2.05, 4.69) is 0 Å². The lowest BCUT2D eigenvalue weighted by Gasteiger charge is -2.24. The number of aliphatic hydroxyl groups is 1. The number of likely N-dealkylation sites (N-methyl/N-ethyl adjacent to an activating group) is 1. The Labute approximate surface area is 72.4 Å². The summed E-state index contributed by atoms with van der Waals surface area (Å²) in [6, 6.07) is 9.73. The molecule has 66 valence electrons. The van der Waals surface area contributed by atoms with Crippen molar-refractivity contribution in [1.82, 2.24) is 0 Å². The van der Waals surface area contributed by atoms with Gasteiger partial charge in [0.25, 0.3) is 0 Å². The van der Waals surface area contributed by atoms with Crippen LogP contribution in [0.25, 0.3) is 0 Å². The summed E-state index contributed by atoms with van der Waals surface area (Å²) in [6.07, 6.45) is -0.326. The molecule has 0 aliphatic rings. The van der Waals surface area contributed by atoms with Gasteiger partial charge in [-0.05, 0) is 12.1 Å². The van der Waals surface area contributed by atoms with Crippen LogP contribution in [0.15, 0.2) is 30.3 Å². The molecule has 0 heterocycles. The minimum atomic E-state index is -0.326. The Morgan fingerprint density at radius 3 is 2.50 bits per heavy atom. The summed E-state index contributed by atoms with van der Waals surface area (Å²) >= 11 is 0. The van der Waals surface area contributed by atoms with Gasteiger partial charge in [-0.2, -0.15) is 0 Å². The van der Waals surface area contributed by atoms with E-state index in [4.69, 9.17) is 10.8 Å². The summed E-state index contributed by atoms with van der Waals surface area (Å²) in [4.78, 5) is 1.83. The molecule has 1 unspecified atom stereocenters. The molecule has 0 spiro atoms. The van der Waals surface area contributed by atoms with Gasteiger partial charge in [-0.15, -0.1) is 0 Å². The molecule has 0 amide bonds. The summed E-state index contributed by atoms with van der Waals surface area (Å²) in [6.45, 7) is -0.0363. The van der Waals surface area contributed by atoms with E-state index in [1.807, 2.05) is 42.3 Å². The van der Waals surface area contributed by atoms with Gasteiger partial charge >= 0.3 is 0 Å². The van der Waals surface area contributed by atoms with Gasteiger partial charge in [0.15, 0.2) is 0 Å². The zero-order valence-corrected chi connectivity index (χ0v) is 7.14. The molecule has 0 aromatic heterocycles. The highest BCUT2D eigenvalue weighted by molar-refractivity contribution is 5.45. The van der Waals surface area contributed by atoms with E-state index in [9.17, 15) is 0 Å². The Hall–Kier alpha value is -1.06. The first kappa shape index (κ1) is 9.03. The Bertz CT molecular complexity index is 225. The van der Waals surface area contributed by atoms with Crippen molar-refractivity contribution in [2.75, 3.05) is 18.6 Å². The Morgan fingerprint density at radius 1 is 1.42 bits per heavy atom. The first-order chi connectivity index (χ1) is 5.75. The molecule has 1 atom stereocenters. The number of rotatable bonds is 3. The number of aliphatic hydroxyl groups excluding tert-OH is 1. The average Bonchev–Trinajstić information content (AvgIpc) is 2.17. The molecule has 1 rings (SSSR count). The van der Waals surface area contributed by atoms with Gasteiger partial charge in [-0.1, -0.05) is 18.2 Å². The van der Waals surface area contributed by atoms with Crippen molar-refractivity contribution in [1.29, 1.82) is 0 Å². The number of nitrogens with zero attached hydrogens (tertiary/aromatic N) is 1. The molecule has 1 aromatic carbocycles. The van der Waals surface area contributed by atoms with Gasteiger partial charge < -0.3 is 15.7 Å². The zero-order valence-electron chi connectivity index (χ0n) is 7.14. The van der Waals surface area contributed by atoms with E-state index in [0.29, 0.717) is 0 Å². The molecule has 3 heteroatoms. The standard InChI is InChI=1S/C9H14N2O/c1-11(9(10)7-12)8-5-3-2-4-6-8/h2-6,9,12H,7,10H2,1H3. The van der Waals surface area contributed by atoms with Gasteiger partial charge in [-0.3, -0.25) is 0 Å². The fourth-order valence-electron chi connectivity index (χ4n) is 0.977. The summed E-state index contributed by atoms with van der Waals surface area (Å²) in [5, 5.41) is 8.80. The van der Waals surface area contributed by atoms with Crippen LogP contribution in [0.4, 0.5) is 5.69 Å². The second-order valence-corrected chi connectivity index (χ2v) is 2.70. The van der Waals surface area contributed by atoms with Crippen LogP contribution >= 0.6 is 0 Å². The first-order valence-electron chi connectivity index (χ1n) is 3.90. The zero-order chi connectivity index (χ0) is 8.97. The summed E-state index contributed by atoms with van der Waals surface area (Å²) in [5.74, 6) is 0. The predicted octanol–water partition coefficient (Wildman–Crippen LogP) is 0.400. The van der Waals surface area contributed by atoms with E-state index >= 15 is 0 Å². The van der Waals surface area contributed by atoms with Crippen LogP contribution in [-0.2, 0) is 0 Å². The molecule has 0 radical (unpaired) electrons. The van der Waals surface area contributed by atoms with Gasteiger partial charge in [0, 0.05) is 12.7 Å². The quantitative estimate of drug-likeness (QED) is 0.639. The van der Waals surface area contributed by atoms with E-state index in [0.717, 1.165) is 5.69 Å². The SMILES string of the molecule is CN(c1ccccc1)C(N)CO. The van der Waals surface area contributed by atoms with Crippen molar-refractivity contribution in [2.45, 2.75) is 6.17 Å². The van der Waals surface area contributed by atoms with Crippen LogP contribution in [-0.4, -0.2) is 24.9 Å². The minimum Gasteiger partial charge on any atom is -0.393 e. The third-order valence-electron chi connectivity index (χ3n) is 1.85. The lowest BCUT2D eigenvalue weighted by molar-refractivity contribution is 0.265. The van der Waals surface area contributed by atoms with Crippen LogP contribution < -0.4 is 10.6 Å². The Kier molecular flexibility index (Phi) is 3.08. The van der Waals surface area contributed by atoms with Crippen LogP contribution in [0.1, 0.15) is 0 Å². The second kappa shape index (κ2) is 4.09. The van der Waals surface area contributed by atoms with Crippen molar-refractivity contribution in [3.05, 3.63) is 30.3 Å². The van der Waals surface area contributed by atoms with E-state index in [-0.39, 0.29) is 12.8 Å². The van der Waals surface area contributed by atoms with Gasteiger partial charge in [0.1, 0.15) is 6.17 Å². The molecule has 1 aromatic rings. The number of benzene rings is 1. The van der Waals surface area contributed by atoms with Gasteiger partial charge in [0.05, 0.1) is 6.61 Å². The number of hydrogen-bond acceptors (Lipinski definition) is 3. The van der Waals surface area contributed by atoms with E-state index < -0.39 is 0 Å². The summed E-state index contributed by atoms with van der Waals surface area (Å²) < 4.78 is 0. The smallest absolute Gasteiger partial charge is 0.100 e. The topological polar surface area (TPSA) is 49.5 Å². The van der Waals surface area contributed by atoms with Crippen molar-refractivity contribution < 1.29 is 5.11 Å². The Morgan fingerprint density at radius 2 is 2.00 bits per heavy atom. The number of para-hydroxylation sites is 1. The largest absolute Gasteiger partial charge is 0.393 e. The molecule has 0 saturated carbocycles. The fourth-order valence-corrected chi connectivity index (χ4v) is 0.977. The number of hydrogen-bond donors (Lipinski definition) is 2. The normalized spacial score (nSPS) is 12.6. The molecule has 0 aliphatic carbocycles. The Balaban J connectivity index is 2.71. The van der Waals surface area contributed by atoms with Crippen molar-refractivity contribution in [3.63, 3.8) is 0 Å². The molecule has 0 aliphatic heterocycles. The molecule has 0 saturated heterocycles. The highest BCUT2D eigenvalue weighted by Gasteiger charge is 2.07.